The summed E-state index contributed by atoms with van der Waals surface area (Å²) in [5, 5.41) is 4.60. The van der Waals surface area contributed by atoms with Crippen molar-refractivity contribution >= 4 is 60.8 Å². The van der Waals surface area contributed by atoms with Crippen LogP contribution in [-0.2, 0) is 0 Å². The Kier molecular flexibility index (Phi) is 7.20. The summed E-state index contributed by atoms with van der Waals surface area (Å²) in [5.74, 6) is 1.73. The molecule has 272 valence electrons. The lowest BCUT2D eigenvalue weighted by atomic mass is 10.0. The van der Waals surface area contributed by atoms with Crippen LogP contribution in [0.3, 0.4) is 0 Å². The molecule has 0 N–H and O–H groups in total. The van der Waals surface area contributed by atoms with Crippen molar-refractivity contribution in [2.75, 3.05) is 4.90 Å². The molecular weight excluding hydrogens is 709 g/mol. The molecule has 0 unspecified atom stereocenters. The molecule has 58 heavy (non-hydrogen) atoms. The fraction of sp³-hybridized carbons (Fsp3) is 0. The van der Waals surface area contributed by atoms with Crippen LogP contribution in [0.2, 0.25) is 0 Å². The topological polar surface area (TPSA) is 30.5 Å². The Hall–Kier alpha value is -7.82. The fourth-order valence-corrected chi connectivity index (χ4v) is 8.83. The van der Waals surface area contributed by atoms with Crippen molar-refractivity contribution < 1.29 is 9.15 Å². The van der Waals surface area contributed by atoms with Gasteiger partial charge in [0.25, 0.3) is 0 Å². The molecule has 0 atom stereocenters. The highest BCUT2D eigenvalue weighted by Crippen LogP contribution is 2.50. The van der Waals surface area contributed by atoms with Gasteiger partial charge in [0.2, 0.25) is 0 Å². The molecule has 1 aliphatic rings. The van der Waals surface area contributed by atoms with Crippen LogP contribution in [0.4, 0.5) is 17.1 Å². The molecule has 12 rings (SSSR count). The highest BCUT2D eigenvalue weighted by atomic mass is 16.5. The lowest BCUT2D eigenvalue weighted by Gasteiger charge is -2.26. The molecule has 11 aromatic rings. The zero-order chi connectivity index (χ0) is 38.2. The Morgan fingerprint density at radius 1 is 0.379 bits per heavy atom. The number of fused-ring (bicyclic) bond motifs is 8. The molecule has 2 aromatic heterocycles. The first-order valence-electron chi connectivity index (χ1n) is 19.7. The van der Waals surface area contributed by atoms with E-state index in [1.807, 2.05) is 12.1 Å². The standard InChI is InChI=1S/C54H34N2O2/c1-3-11-35(12-4-1)37-19-24-40(25-20-37)55(42-28-30-46-45-29-23-39(36-13-5-2-6-14-36)33-51(45)57-52(46)34-42)41-26-21-38(22-27-41)43-31-32-47-44-15-7-8-16-48(44)56-49-17-9-10-18-50(49)58-54(43)53(47)56/h1-34H. The van der Waals surface area contributed by atoms with Gasteiger partial charge in [0.15, 0.2) is 11.5 Å². The number of rotatable bonds is 6. The Labute approximate surface area is 335 Å². The number of nitrogens with zero attached hydrogens (tertiary/aromatic N) is 2. The Bertz CT molecular complexity index is 3340. The average Bonchev–Trinajstić information content (AvgIpc) is 3.84. The third kappa shape index (κ3) is 5.09. The van der Waals surface area contributed by atoms with E-state index in [-0.39, 0.29) is 0 Å². The van der Waals surface area contributed by atoms with Crippen LogP contribution in [0.25, 0.3) is 82.8 Å². The highest BCUT2D eigenvalue weighted by molar-refractivity contribution is 6.14. The van der Waals surface area contributed by atoms with Gasteiger partial charge in [-0.2, -0.15) is 0 Å². The molecule has 0 aliphatic carbocycles. The zero-order valence-corrected chi connectivity index (χ0v) is 31.3. The van der Waals surface area contributed by atoms with Crippen molar-refractivity contribution in [2.45, 2.75) is 0 Å². The van der Waals surface area contributed by atoms with E-state index in [2.05, 4.69) is 204 Å². The molecule has 0 radical (unpaired) electrons. The first-order chi connectivity index (χ1) is 28.7. The second kappa shape index (κ2) is 12.9. The minimum atomic E-state index is 0.848. The fourth-order valence-electron chi connectivity index (χ4n) is 8.83. The quantitative estimate of drug-likeness (QED) is 0.170. The lowest BCUT2D eigenvalue weighted by molar-refractivity contribution is 0.478. The van der Waals surface area contributed by atoms with Crippen molar-refractivity contribution in [1.82, 2.24) is 4.57 Å². The number of para-hydroxylation sites is 3. The molecule has 0 fully saturated rings. The monoisotopic (exact) mass is 742 g/mol. The van der Waals surface area contributed by atoms with Gasteiger partial charge < -0.3 is 18.6 Å². The lowest BCUT2D eigenvalue weighted by Crippen LogP contribution is -2.09. The van der Waals surface area contributed by atoms with Gasteiger partial charge >= 0.3 is 0 Å². The molecule has 0 saturated carbocycles. The number of hydrogen-bond donors (Lipinski definition) is 0. The van der Waals surface area contributed by atoms with Crippen LogP contribution >= 0.6 is 0 Å². The van der Waals surface area contributed by atoms with E-state index in [1.165, 1.54) is 33.0 Å². The van der Waals surface area contributed by atoms with Crippen molar-refractivity contribution in [3.8, 4) is 50.6 Å². The summed E-state index contributed by atoms with van der Waals surface area (Å²) in [7, 11) is 0. The summed E-state index contributed by atoms with van der Waals surface area (Å²) in [6.07, 6.45) is 0. The minimum absolute atomic E-state index is 0.848. The van der Waals surface area contributed by atoms with E-state index in [4.69, 9.17) is 9.15 Å². The van der Waals surface area contributed by atoms with E-state index in [0.29, 0.717) is 0 Å². The van der Waals surface area contributed by atoms with Crippen molar-refractivity contribution in [1.29, 1.82) is 0 Å². The largest absolute Gasteiger partial charge is 0.456 e. The summed E-state index contributed by atoms with van der Waals surface area (Å²) in [5.41, 5.74) is 14.9. The molecule has 9 aromatic carbocycles. The SMILES string of the molecule is c1ccc(-c2ccc(N(c3ccc(-c4ccc5c6ccccc6n6c5c4Oc4ccccc4-6)cc3)c3ccc4c(c3)oc3cc(-c5ccccc5)ccc34)cc2)cc1. The van der Waals surface area contributed by atoms with Crippen molar-refractivity contribution in [2.24, 2.45) is 0 Å². The molecular formula is C54H34N2O2. The van der Waals surface area contributed by atoms with Crippen LogP contribution < -0.4 is 9.64 Å². The van der Waals surface area contributed by atoms with E-state index in [9.17, 15) is 0 Å². The molecule has 1 aliphatic heterocycles. The highest BCUT2D eigenvalue weighted by Gasteiger charge is 2.26. The van der Waals surface area contributed by atoms with E-state index >= 15 is 0 Å². The van der Waals surface area contributed by atoms with Gasteiger partial charge in [-0.05, 0) is 101 Å². The number of hydrogen-bond acceptors (Lipinski definition) is 3. The molecule has 0 bridgehead atoms. The minimum Gasteiger partial charge on any atom is -0.456 e. The summed E-state index contributed by atoms with van der Waals surface area (Å²) >= 11 is 0. The Balaban J connectivity index is 0.980. The first-order valence-corrected chi connectivity index (χ1v) is 19.7. The van der Waals surface area contributed by atoms with Gasteiger partial charge in [0.05, 0.1) is 16.7 Å². The van der Waals surface area contributed by atoms with Crippen LogP contribution in [0.5, 0.6) is 11.5 Å². The number of anilines is 3. The molecule has 0 amide bonds. The summed E-state index contributed by atoms with van der Waals surface area (Å²) in [4.78, 5) is 2.30. The third-order valence-corrected chi connectivity index (χ3v) is 11.6. The van der Waals surface area contributed by atoms with E-state index in [0.717, 1.165) is 78.4 Å². The van der Waals surface area contributed by atoms with Crippen LogP contribution in [0.1, 0.15) is 0 Å². The maximum atomic E-state index is 6.79. The maximum absolute atomic E-state index is 6.79. The van der Waals surface area contributed by atoms with Crippen LogP contribution in [0, 0.1) is 0 Å². The van der Waals surface area contributed by atoms with Gasteiger partial charge in [-0.1, -0.05) is 127 Å². The van der Waals surface area contributed by atoms with E-state index < -0.39 is 0 Å². The third-order valence-electron chi connectivity index (χ3n) is 11.6. The predicted molar refractivity (Wildman–Crippen MR) is 239 cm³/mol. The van der Waals surface area contributed by atoms with Crippen molar-refractivity contribution in [3.63, 3.8) is 0 Å². The zero-order valence-electron chi connectivity index (χ0n) is 31.3. The molecule has 0 saturated heterocycles. The number of furan rings is 1. The number of ether oxygens (including phenoxy) is 1. The average molecular weight is 743 g/mol. The summed E-state index contributed by atoms with van der Waals surface area (Å²) in [6.45, 7) is 0. The normalized spacial score (nSPS) is 11.9. The Morgan fingerprint density at radius 2 is 0.931 bits per heavy atom. The Morgan fingerprint density at radius 3 is 1.69 bits per heavy atom. The predicted octanol–water partition coefficient (Wildman–Crippen LogP) is 15.3. The second-order valence-corrected chi connectivity index (χ2v) is 14.9. The van der Waals surface area contributed by atoms with Crippen LogP contribution in [-0.4, -0.2) is 4.57 Å². The van der Waals surface area contributed by atoms with E-state index in [1.54, 1.807) is 0 Å². The first kappa shape index (κ1) is 32.4. The van der Waals surface area contributed by atoms with Gasteiger partial charge in [-0.3, -0.25) is 0 Å². The number of benzene rings is 9. The summed E-state index contributed by atoms with van der Waals surface area (Å²) in [6, 6.07) is 73.0. The molecule has 3 heterocycles. The summed E-state index contributed by atoms with van der Waals surface area (Å²) < 4.78 is 15.8. The second-order valence-electron chi connectivity index (χ2n) is 14.9. The maximum Gasteiger partial charge on any atom is 0.160 e. The smallest absolute Gasteiger partial charge is 0.160 e. The van der Waals surface area contributed by atoms with Gasteiger partial charge in [0, 0.05) is 50.2 Å². The van der Waals surface area contributed by atoms with Crippen molar-refractivity contribution in [3.05, 3.63) is 206 Å². The molecule has 4 heteroatoms. The van der Waals surface area contributed by atoms with Gasteiger partial charge in [0.1, 0.15) is 11.2 Å². The molecule has 0 spiro atoms. The molecule has 4 nitrogen and oxygen atoms in total. The number of aromatic nitrogens is 1. The van der Waals surface area contributed by atoms with Gasteiger partial charge in [-0.15, -0.1) is 0 Å². The van der Waals surface area contributed by atoms with Gasteiger partial charge in [-0.25, -0.2) is 0 Å². The van der Waals surface area contributed by atoms with Crippen LogP contribution in [0.15, 0.2) is 211 Å².